The first-order chi connectivity index (χ1) is 12.7. The van der Waals surface area contributed by atoms with E-state index in [1.165, 1.54) is 0 Å². The lowest BCUT2D eigenvalue weighted by molar-refractivity contribution is -0.385. The van der Waals surface area contributed by atoms with Crippen LogP contribution in [0.3, 0.4) is 0 Å². The Morgan fingerprint density at radius 3 is 2.48 bits per heavy atom. The molecule has 0 aliphatic rings. The topological polar surface area (TPSA) is 82.1 Å². The smallest absolute Gasteiger partial charge is 0.411 e. The van der Waals surface area contributed by atoms with Crippen LogP contribution in [-0.2, 0) is 11.9 Å². The molecule has 0 unspecified atom stereocenters. The molecule has 1 heterocycles. The standard InChI is InChI=1S/C16H9ClF3N3O3S/c17-12-4-1-9(2-5-12)14-21-22-15(26-14)27-8-10-7-11(16(18,19)20)3-6-13(10)23(24)25/h1-7H,8H2. The fraction of sp³-hybridized carbons (Fsp3) is 0.125. The molecule has 0 aliphatic carbocycles. The first kappa shape index (κ1) is 19.2. The fourth-order valence-electron chi connectivity index (χ4n) is 2.17. The number of benzene rings is 2. The van der Waals surface area contributed by atoms with E-state index >= 15 is 0 Å². The molecule has 0 aliphatic heterocycles. The van der Waals surface area contributed by atoms with E-state index in [1.54, 1.807) is 24.3 Å². The van der Waals surface area contributed by atoms with Crippen molar-refractivity contribution in [2.75, 3.05) is 0 Å². The second-order valence-electron chi connectivity index (χ2n) is 5.27. The van der Waals surface area contributed by atoms with Crippen LogP contribution in [0.25, 0.3) is 11.5 Å². The molecule has 2 aromatic carbocycles. The molecule has 0 N–H and O–H groups in total. The van der Waals surface area contributed by atoms with Gasteiger partial charge in [-0.2, -0.15) is 13.2 Å². The monoisotopic (exact) mass is 415 g/mol. The van der Waals surface area contributed by atoms with Gasteiger partial charge in [-0.05, 0) is 36.4 Å². The van der Waals surface area contributed by atoms with Crippen molar-refractivity contribution in [3.8, 4) is 11.5 Å². The number of rotatable bonds is 5. The summed E-state index contributed by atoms with van der Waals surface area (Å²) in [6, 6.07) is 8.88. The molecule has 0 radical (unpaired) electrons. The average Bonchev–Trinajstić information content (AvgIpc) is 3.08. The number of aromatic nitrogens is 2. The van der Waals surface area contributed by atoms with Gasteiger partial charge in [0.1, 0.15) is 0 Å². The quantitative estimate of drug-likeness (QED) is 0.306. The van der Waals surface area contributed by atoms with Gasteiger partial charge in [0.25, 0.3) is 10.9 Å². The highest BCUT2D eigenvalue weighted by molar-refractivity contribution is 7.98. The third-order valence-electron chi connectivity index (χ3n) is 3.45. The minimum Gasteiger partial charge on any atom is -0.411 e. The van der Waals surface area contributed by atoms with Crippen LogP contribution in [0, 0.1) is 10.1 Å². The Hall–Kier alpha value is -2.59. The summed E-state index contributed by atoms with van der Waals surface area (Å²) >= 11 is 6.71. The lowest BCUT2D eigenvalue weighted by Crippen LogP contribution is -2.06. The first-order valence-corrected chi connectivity index (χ1v) is 8.67. The molecule has 0 spiro atoms. The first-order valence-electron chi connectivity index (χ1n) is 7.31. The highest BCUT2D eigenvalue weighted by Crippen LogP contribution is 2.35. The van der Waals surface area contributed by atoms with Gasteiger partial charge in [0.15, 0.2) is 0 Å². The molecule has 0 atom stereocenters. The molecular formula is C16H9ClF3N3O3S. The van der Waals surface area contributed by atoms with Crippen molar-refractivity contribution in [2.24, 2.45) is 0 Å². The molecule has 1 aromatic heterocycles. The zero-order valence-electron chi connectivity index (χ0n) is 13.2. The summed E-state index contributed by atoms with van der Waals surface area (Å²) in [5.74, 6) is 0.0652. The third-order valence-corrected chi connectivity index (χ3v) is 4.57. The van der Waals surface area contributed by atoms with Gasteiger partial charge in [0, 0.05) is 28.0 Å². The van der Waals surface area contributed by atoms with Crippen LogP contribution in [-0.4, -0.2) is 15.1 Å². The van der Waals surface area contributed by atoms with Crippen LogP contribution in [0.1, 0.15) is 11.1 Å². The zero-order chi connectivity index (χ0) is 19.6. The summed E-state index contributed by atoms with van der Waals surface area (Å²) in [5.41, 5.74) is -0.848. The maximum atomic E-state index is 12.9. The Bertz CT molecular complexity index is 977. The Labute approximate surface area is 159 Å². The molecule has 140 valence electrons. The van der Waals surface area contributed by atoms with E-state index in [0.29, 0.717) is 16.7 Å². The Balaban J connectivity index is 1.80. The minimum atomic E-state index is -4.60. The van der Waals surface area contributed by atoms with E-state index in [0.717, 1.165) is 23.9 Å². The number of nitro groups is 1. The lowest BCUT2D eigenvalue weighted by Gasteiger charge is -2.08. The van der Waals surface area contributed by atoms with Gasteiger partial charge in [-0.25, -0.2) is 0 Å². The van der Waals surface area contributed by atoms with Crippen molar-refractivity contribution < 1.29 is 22.5 Å². The van der Waals surface area contributed by atoms with Crippen LogP contribution in [0.2, 0.25) is 5.02 Å². The van der Waals surface area contributed by atoms with Gasteiger partial charge in [-0.15, -0.1) is 10.2 Å². The van der Waals surface area contributed by atoms with E-state index < -0.39 is 22.4 Å². The van der Waals surface area contributed by atoms with Crippen molar-refractivity contribution in [1.29, 1.82) is 0 Å². The molecule has 11 heteroatoms. The van der Waals surface area contributed by atoms with E-state index in [1.807, 2.05) is 0 Å². The summed E-state index contributed by atoms with van der Waals surface area (Å²) < 4.78 is 44.0. The molecule has 3 rings (SSSR count). The molecule has 27 heavy (non-hydrogen) atoms. The van der Waals surface area contributed by atoms with Gasteiger partial charge in [0.05, 0.1) is 10.5 Å². The second kappa shape index (κ2) is 7.57. The summed E-state index contributed by atoms with van der Waals surface area (Å²) in [6.45, 7) is 0. The molecule has 6 nitrogen and oxygen atoms in total. The number of alkyl halides is 3. The Morgan fingerprint density at radius 1 is 1.15 bits per heavy atom. The minimum absolute atomic E-state index is 0.0756. The number of hydrogen-bond donors (Lipinski definition) is 0. The molecule has 0 bridgehead atoms. The zero-order valence-corrected chi connectivity index (χ0v) is 14.8. The van der Waals surface area contributed by atoms with Crippen molar-refractivity contribution in [3.05, 3.63) is 68.7 Å². The Morgan fingerprint density at radius 2 is 1.85 bits per heavy atom. The SMILES string of the molecule is O=[N+]([O-])c1ccc(C(F)(F)F)cc1CSc1nnc(-c2ccc(Cl)cc2)o1. The van der Waals surface area contributed by atoms with Crippen molar-refractivity contribution >= 4 is 29.1 Å². The van der Waals surface area contributed by atoms with E-state index in [-0.39, 0.29) is 22.4 Å². The van der Waals surface area contributed by atoms with Crippen LogP contribution < -0.4 is 0 Å². The summed E-state index contributed by atoms with van der Waals surface area (Å²) in [7, 11) is 0. The van der Waals surface area contributed by atoms with Gasteiger partial charge < -0.3 is 4.42 Å². The lowest BCUT2D eigenvalue weighted by atomic mass is 10.1. The molecular weight excluding hydrogens is 407 g/mol. The molecule has 0 saturated heterocycles. The van der Waals surface area contributed by atoms with Gasteiger partial charge in [-0.3, -0.25) is 10.1 Å². The number of halogens is 4. The second-order valence-corrected chi connectivity index (χ2v) is 6.63. The molecule has 0 fully saturated rings. The van der Waals surface area contributed by atoms with Crippen molar-refractivity contribution in [3.63, 3.8) is 0 Å². The van der Waals surface area contributed by atoms with Gasteiger partial charge >= 0.3 is 6.18 Å². The highest BCUT2D eigenvalue weighted by Gasteiger charge is 2.32. The number of thioether (sulfide) groups is 1. The number of nitrogens with zero attached hydrogens (tertiary/aromatic N) is 3. The van der Waals surface area contributed by atoms with Crippen LogP contribution in [0.4, 0.5) is 18.9 Å². The van der Waals surface area contributed by atoms with Crippen molar-refractivity contribution in [2.45, 2.75) is 17.2 Å². The van der Waals surface area contributed by atoms with Crippen LogP contribution in [0.5, 0.6) is 0 Å². The predicted molar refractivity (Wildman–Crippen MR) is 92.4 cm³/mol. The number of nitro benzene ring substituents is 1. The normalized spacial score (nSPS) is 11.6. The fourth-order valence-corrected chi connectivity index (χ4v) is 3.04. The van der Waals surface area contributed by atoms with E-state index in [4.69, 9.17) is 16.0 Å². The maximum absolute atomic E-state index is 12.9. The van der Waals surface area contributed by atoms with Crippen LogP contribution >= 0.6 is 23.4 Å². The molecule has 3 aromatic rings. The highest BCUT2D eigenvalue weighted by atomic mass is 35.5. The predicted octanol–water partition coefficient (Wildman–Crippen LogP) is 5.61. The maximum Gasteiger partial charge on any atom is 0.416 e. The van der Waals surface area contributed by atoms with E-state index in [2.05, 4.69) is 10.2 Å². The van der Waals surface area contributed by atoms with Crippen LogP contribution in [0.15, 0.2) is 52.1 Å². The van der Waals surface area contributed by atoms with Gasteiger partial charge in [0.2, 0.25) is 5.89 Å². The van der Waals surface area contributed by atoms with Gasteiger partial charge in [-0.1, -0.05) is 23.4 Å². The Kier molecular flexibility index (Phi) is 5.38. The average molecular weight is 416 g/mol. The third kappa shape index (κ3) is 4.58. The molecule has 0 amide bonds. The summed E-state index contributed by atoms with van der Waals surface area (Å²) in [4.78, 5) is 10.3. The molecule has 0 saturated carbocycles. The van der Waals surface area contributed by atoms with E-state index in [9.17, 15) is 23.3 Å². The number of hydrogen-bond acceptors (Lipinski definition) is 6. The summed E-state index contributed by atoms with van der Waals surface area (Å²) in [6.07, 6.45) is -4.60. The largest absolute Gasteiger partial charge is 0.416 e. The van der Waals surface area contributed by atoms with Crippen molar-refractivity contribution in [1.82, 2.24) is 10.2 Å². The summed E-state index contributed by atoms with van der Waals surface area (Å²) in [5, 5.41) is 19.3.